The Balaban J connectivity index is 1.41. The van der Waals surface area contributed by atoms with Crippen LogP contribution in [0.15, 0.2) is 36.4 Å². The van der Waals surface area contributed by atoms with Crippen molar-refractivity contribution < 1.29 is 14.3 Å². The number of benzene rings is 2. The molecule has 0 saturated carbocycles. The average Bonchev–Trinajstić information content (AvgIpc) is 2.67. The number of rotatable bonds is 4. The Hall–Kier alpha value is -2.69. The smallest absolute Gasteiger partial charge is 0.239 e. The summed E-state index contributed by atoms with van der Waals surface area (Å²) in [4.78, 5) is 14.8. The van der Waals surface area contributed by atoms with Crippen LogP contribution in [-0.2, 0) is 11.2 Å². The summed E-state index contributed by atoms with van der Waals surface area (Å²) in [6, 6.07) is 12.3. The number of carbonyl (C=O) groups is 1. The first-order valence-corrected chi connectivity index (χ1v) is 9.63. The minimum absolute atomic E-state index is 0.0332. The van der Waals surface area contributed by atoms with Crippen LogP contribution in [0.25, 0.3) is 0 Å². The second-order valence-electron chi connectivity index (χ2n) is 7.35. The number of nitrogens with one attached hydrogen (secondary N) is 1. The number of hydrogen-bond donors (Lipinski definition) is 1. The van der Waals surface area contributed by atoms with E-state index in [1.165, 1.54) is 16.8 Å². The van der Waals surface area contributed by atoms with Gasteiger partial charge in [0.05, 0.1) is 12.6 Å². The third kappa shape index (κ3) is 3.87. The summed E-state index contributed by atoms with van der Waals surface area (Å²) in [6.07, 6.45) is 2.17. The lowest BCUT2D eigenvalue weighted by Crippen LogP contribution is -2.40. The van der Waals surface area contributed by atoms with Gasteiger partial charge in [0.1, 0.15) is 13.2 Å². The molecule has 0 aliphatic carbocycles. The number of carbonyl (C=O) groups excluding carboxylic acids is 1. The predicted octanol–water partition coefficient (Wildman–Crippen LogP) is 3.40. The lowest BCUT2D eigenvalue weighted by molar-refractivity contribution is -0.120. The van der Waals surface area contributed by atoms with Gasteiger partial charge in [-0.1, -0.05) is 23.8 Å². The quantitative estimate of drug-likeness (QED) is 0.901. The van der Waals surface area contributed by atoms with Gasteiger partial charge in [0.25, 0.3) is 0 Å². The van der Waals surface area contributed by atoms with Gasteiger partial charge in [-0.2, -0.15) is 0 Å². The van der Waals surface area contributed by atoms with Crippen molar-refractivity contribution >= 4 is 11.6 Å². The van der Waals surface area contributed by atoms with Crippen LogP contribution in [0.4, 0.5) is 5.69 Å². The van der Waals surface area contributed by atoms with Crippen LogP contribution in [0, 0.1) is 6.92 Å². The molecular weight excluding hydrogens is 340 g/mol. The molecule has 2 aliphatic rings. The van der Waals surface area contributed by atoms with Gasteiger partial charge in [-0.3, -0.25) is 4.79 Å². The topological polar surface area (TPSA) is 50.8 Å². The van der Waals surface area contributed by atoms with Gasteiger partial charge in [-0.25, -0.2) is 0 Å². The Bertz CT molecular complexity index is 849. The van der Waals surface area contributed by atoms with Gasteiger partial charge in [-0.05, 0) is 56.0 Å². The van der Waals surface area contributed by atoms with Gasteiger partial charge in [0, 0.05) is 12.2 Å². The summed E-state index contributed by atoms with van der Waals surface area (Å²) < 4.78 is 11.2. The summed E-state index contributed by atoms with van der Waals surface area (Å²) in [7, 11) is 0. The SMILES string of the molecule is Cc1ccc2c(c1)CCCN2CC(=O)N[C@H](C)c1ccc2c(c1)OCCO2. The van der Waals surface area contributed by atoms with Crippen LogP contribution in [0.5, 0.6) is 11.5 Å². The molecule has 0 spiro atoms. The third-order valence-corrected chi connectivity index (χ3v) is 5.23. The summed E-state index contributed by atoms with van der Waals surface area (Å²) in [5, 5.41) is 3.12. The Labute approximate surface area is 160 Å². The van der Waals surface area contributed by atoms with E-state index in [9.17, 15) is 4.79 Å². The van der Waals surface area contributed by atoms with Crippen LogP contribution in [0.3, 0.4) is 0 Å². The zero-order valence-electron chi connectivity index (χ0n) is 16.0. The fraction of sp³-hybridized carbons (Fsp3) is 0.409. The van der Waals surface area contributed by atoms with E-state index in [1.807, 2.05) is 25.1 Å². The molecular formula is C22H26N2O3. The van der Waals surface area contributed by atoms with E-state index in [4.69, 9.17) is 9.47 Å². The van der Waals surface area contributed by atoms with Gasteiger partial charge < -0.3 is 19.7 Å². The molecule has 5 heteroatoms. The predicted molar refractivity (Wildman–Crippen MR) is 106 cm³/mol. The third-order valence-electron chi connectivity index (χ3n) is 5.23. The number of amides is 1. The molecule has 2 aliphatic heterocycles. The average molecular weight is 366 g/mol. The molecule has 1 N–H and O–H groups in total. The van der Waals surface area contributed by atoms with Crippen molar-refractivity contribution in [1.82, 2.24) is 5.32 Å². The summed E-state index contributed by atoms with van der Waals surface area (Å²) >= 11 is 0. The minimum atomic E-state index is -0.0874. The maximum absolute atomic E-state index is 12.7. The normalized spacial score (nSPS) is 16.4. The molecule has 2 aromatic rings. The second-order valence-corrected chi connectivity index (χ2v) is 7.35. The Morgan fingerprint density at radius 3 is 2.81 bits per heavy atom. The highest BCUT2D eigenvalue weighted by Crippen LogP contribution is 2.32. The first-order chi connectivity index (χ1) is 13.1. The summed E-state index contributed by atoms with van der Waals surface area (Å²) in [5.41, 5.74) is 4.82. The zero-order chi connectivity index (χ0) is 18.8. The van der Waals surface area contributed by atoms with Crippen LogP contribution < -0.4 is 19.7 Å². The molecule has 0 saturated heterocycles. The first kappa shape index (κ1) is 17.7. The lowest BCUT2D eigenvalue weighted by atomic mass is 9.99. The van der Waals surface area contributed by atoms with E-state index >= 15 is 0 Å². The van der Waals surface area contributed by atoms with Crippen molar-refractivity contribution in [3.63, 3.8) is 0 Å². The van der Waals surface area contributed by atoms with Crippen molar-refractivity contribution in [2.45, 2.75) is 32.7 Å². The number of ether oxygens (including phenoxy) is 2. The Morgan fingerprint density at radius 2 is 1.96 bits per heavy atom. The van der Waals surface area contributed by atoms with Crippen molar-refractivity contribution in [3.8, 4) is 11.5 Å². The number of nitrogens with zero attached hydrogens (tertiary/aromatic N) is 1. The van der Waals surface area contributed by atoms with E-state index in [-0.39, 0.29) is 11.9 Å². The van der Waals surface area contributed by atoms with Crippen LogP contribution in [0.2, 0.25) is 0 Å². The highest BCUT2D eigenvalue weighted by Gasteiger charge is 2.21. The standard InChI is InChI=1S/C22H26N2O3/c1-15-5-7-19-18(12-15)4-3-9-24(19)14-22(25)23-16(2)17-6-8-20-21(13-17)27-11-10-26-20/h5-8,12-13,16H,3-4,9-11,14H2,1-2H3,(H,23,25)/t16-/m1/s1. The van der Waals surface area contributed by atoms with E-state index in [1.54, 1.807) is 0 Å². The second kappa shape index (κ2) is 7.51. The lowest BCUT2D eigenvalue weighted by Gasteiger charge is -2.31. The molecule has 1 amide bonds. The van der Waals surface area contributed by atoms with Crippen molar-refractivity contribution in [2.24, 2.45) is 0 Å². The van der Waals surface area contributed by atoms with E-state index in [0.717, 1.165) is 36.4 Å². The van der Waals surface area contributed by atoms with E-state index in [2.05, 4.69) is 35.3 Å². The molecule has 0 unspecified atom stereocenters. The zero-order valence-corrected chi connectivity index (χ0v) is 16.0. The van der Waals surface area contributed by atoms with Crippen LogP contribution >= 0.6 is 0 Å². The molecule has 2 aromatic carbocycles. The minimum Gasteiger partial charge on any atom is -0.486 e. The maximum atomic E-state index is 12.7. The van der Waals surface area contributed by atoms with Crippen LogP contribution in [-0.4, -0.2) is 32.2 Å². The van der Waals surface area contributed by atoms with Gasteiger partial charge in [0.15, 0.2) is 11.5 Å². The maximum Gasteiger partial charge on any atom is 0.239 e. The molecule has 1 atom stereocenters. The van der Waals surface area contributed by atoms with Gasteiger partial charge in [0.2, 0.25) is 5.91 Å². The van der Waals surface area contributed by atoms with Crippen molar-refractivity contribution in [2.75, 3.05) is 31.2 Å². The van der Waals surface area contributed by atoms with Crippen LogP contribution in [0.1, 0.15) is 36.1 Å². The summed E-state index contributed by atoms with van der Waals surface area (Å²) in [5.74, 6) is 1.55. The molecule has 2 heterocycles. The molecule has 142 valence electrons. The molecule has 0 fully saturated rings. The van der Waals surface area contributed by atoms with E-state index < -0.39 is 0 Å². The molecule has 27 heavy (non-hydrogen) atoms. The fourth-order valence-electron chi connectivity index (χ4n) is 3.84. The number of hydrogen-bond acceptors (Lipinski definition) is 4. The molecule has 5 nitrogen and oxygen atoms in total. The fourth-order valence-corrected chi connectivity index (χ4v) is 3.84. The van der Waals surface area contributed by atoms with Crippen molar-refractivity contribution in [1.29, 1.82) is 0 Å². The highest BCUT2D eigenvalue weighted by molar-refractivity contribution is 5.82. The largest absolute Gasteiger partial charge is 0.486 e. The van der Waals surface area contributed by atoms with Crippen molar-refractivity contribution in [3.05, 3.63) is 53.1 Å². The number of anilines is 1. The number of fused-ring (bicyclic) bond motifs is 2. The van der Waals surface area contributed by atoms with Gasteiger partial charge in [-0.15, -0.1) is 0 Å². The highest BCUT2D eigenvalue weighted by atomic mass is 16.6. The van der Waals surface area contributed by atoms with E-state index in [0.29, 0.717) is 19.8 Å². The molecule has 0 aromatic heterocycles. The first-order valence-electron chi connectivity index (χ1n) is 9.63. The number of aryl methyl sites for hydroxylation is 2. The monoisotopic (exact) mass is 366 g/mol. The molecule has 0 bridgehead atoms. The molecule has 4 rings (SSSR count). The molecule has 0 radical (unpaired) electrons. The Morgan fingerprint density at radius 1 is 1.15 bits per heavy atom. The summed E-state index contributed by atoms with van der Waals surface area (Å²) in [6.45, 7) is 6.55. The Kier molecular flexibility index (Phi) is 4.92. The van der Waals surface area contributed by atoms with Gasteiger partial charge >= 0.3 is 0 Å².